The first-order valence-corrected chi connectivity index (χ1v) is 7.36. The first kappa shape index (κ1) is 14.7. The van der Waals surface area contributed by atoms with Crippen molar-refractivity contribution in [1.29, 1.82) is 0 Å². The molecule has 1 aromatic carbocycles. The number of hydrogen-bond acceptors (Lipinski definition) is 3. The highest BCUT2D eigenvalue weighted by Crippen LogP contribution is 2.29. The molecule has 0 heterocycles. The Morgan fingerprint density at radius 1 is 1.30 bits per heavy atom. The monoisotopic (exact) mass is 275 g/mol. The molecule has 1 aromatic rings. The molecular formula is C16H25N3O. The summed E-state index contributed by atoms with van der Waals surface area (Å²) >= 11 is 0. The maximum atomic E-state index is 11.9. The van der Waals surface area contributed by atoms with Crippen LogP contribution in [0.15, 0.2) is 18.2 Å². The van der Waals surface area contributed by atoms with Gasteiger partial charge in [-0.3, -0.25) is 4.79 Å². The van der Waals surface area contributed by atoms with E-state index < -0.39 is 0 Å². The zero-order valence-corrected chi connectivity index (χ0v) is 12.6. The molecule has 2 atom stereocenters. The van der Waals surface area contributed by atoms with E-state index in [4.69, 9.17) is 5.73 Å². The van der Waals surface area contributed by atoms with Crippen LogP contribution in [0.3, 0.4) is 0 Å². The van der Waals surface area contributed by atoms with Gasteiger partial charge >= 0.3 is 0 Å². The number of nitrogen functional groups attached to an aromatic ring is 1. The number of rotatable bonds is 3. The van der Waals surface area contributed by atoms with Crippen LogP contribution in [0.2, 0.25) is 0 Å². The third-order valence-corrected chi connectivity index (χ3v) is 4.16. The Morgan fingerprint density at radius 2 is 2.00 bits per heavy atom. The number of carbonyl (C=O) groups is 1. The summed E-state index contributed by atoms with van der Waals surface area (Å²) in [6, 6.07) is 6.02. The second kappa shape index (κ2) is 6.16. The van der Waals surface area contributed by atoms with E-state index >= 15 is 0 Å². The molecule has 0 aromatic heterocycles. The van der Waals surface area contributed by atoms with Gasteiger partial charge in [-0.2, -0.15) is 0 Å². The van der Waals surface area contributed by atoms with Crippen LogP contribution >= 0.6 is 0 Å². The van der Waals surface area contributed by atoms with Gasteiger partial charge in [0.2, 0.25) is 0 Å². The van der Waals surface area contributed by atoms with Gasteiger partial charge in [-0.05, 0) is 37.0 Å². The average Bonchev–Trinajstić information content (AvgIpc) is 2.42. The minimum absolute atomic E-state index is 0.0192. The van der Waals surface area contributed by atoms with Gasteiger partial charge in [0.15, 0.2) is 0 Å². The van der Waals surface area contributed by atoms with Crippen LogP contribution in [0.5, 0.6) is 0 Å². The van der Waals surface area contributed by atoms with Crippen molar-refractivity contribution in [2.24, 2.45) is 5.92 Å². The predicted molar refractivity (Wildman–Crippen MR) is 83.9 cm³/mol. The van der Waals surface area contributed by atoms with Gasteiger partial charge in [0, 0.05) is 25.7 Å². The third kappa shape index (κ3) is 3.24. The molecule has 4 heteroatoms. The summed E-state index contributed by atoms with van der Waals surface area (Å²) in [6.45, 7) is 2.29. The van der Waals surface area contributed by atoms with Gasteiger partial charge in [-0.25, -0.2) is 0 Å². The maximum absolute atomic E-state index is 11.9. The number of benzene rings is 1. The largest absolute Gasteiger partial charge is 0.397 e. The second-order valence-corrected chi connectivity index (χ2v) is 6.01. The highest BCUT2D eigenvalue weighted by molar-refractivity contribution is 5.95. The summed E-state index contributed by atoms with van der Waals surface area (Å²) < 4.78 is 0. The molecule has 110 valence electrons. The Morgan fingerprint density at radius 3 is 2.60 bits per heavy atom. The fourth-order valence-corrected chi connectivity index (χ4v) is 2.82. The molecule has 0 radical (unpaired) electrons. The van der Waals surface area contributed by atoms with E-state index in [-0.39, 0.29) is 5.91 Å². The van der Waals surface area contributed by atoms with Crippen LogP contribution in [0, 0.1) is 5.92 Å². The zero-order valence-electron chi connectivity index (χ0n) is 12.6. The van der Waals surface area contributed by atoms with Gasteiger partial charge < -0.3 is 16.0 Å². The van der Waals surface area contributed by atoms with Crippen LogP contribution in [-0.2, 0) is 0 Å². The topological polar surface area (TPSA) is 58.4 Å². The van der Waals surface area contributed by atoms with Crippen molar-refractivity contribution in [1.82, 2.24) is 4.90 Å². The lowest BCUT2D eigenvalue weighted by atomic mass is 9.86. The number of amides is 1. The molecule has 4 nitrogen and oxygen atoms in total. The van der Waals surface area contributed by atoms with E-state index in [1.54, 1.807) is 25.1 Å². The smallest absolute Gasteiger partial charge is 0.253 e. The number of carbonyl (C=O) groups excluding carboxylic acids is 1. The van der Waals surface area contributed by atoms with E-state index in [0.717, 1.165) is 5.69 Å². The lowest BCUT2D eigenvalue weighted by Gasteiger charge is -2.30. The quantitative estimate of drug-likeness (QED) is 0.834. The molecular weight excluding hydrogens is 250 g/mol. The highest BCUT2D eigenvalue weighted by Gasteiger charge is 2.21. The number of hydrogen-bond donors (Lipinski definition) is 2. The van der Waals surface area contributed by atoms with Crippen LogP contribution in [0.4, 0.5) is 11.4 Å². The summed E-state index contributed by atoms with van der Waals surface area (Å²) in [7, 11) is 3.49. The minimum atomic E-state index is -0.0192. The summed E-state index contributed by atoms with van der Waals surface area (Å²) in [5, 5.41) is 3.54. The van der Waals surface area contributed by atoms with E-state index in [1.165, 1.54) is 25.7 Å². The molecule has 1 amide bonds. The summed E-state index contributed by atoms with van der Waals surface area (Å²) in [5.74, 6) is 0.653. The first-order chi connectivity index (χ1) is 9.49. The van der Waals surface area contributed by atoms with Gasteiger partial charge in [0.1, 0.15) is 0 Å². The Bertz CT molecular complexity index is 485. The van der Waals surface area contributed by atoms with Crippen molar-refractivity contribution in [3.8, 4) is 0 Å². The van der Waals surface area contributed by atoms with Gasteiger partial charge in [0.25, 0.3) is 5.91 Å². The lowest BCUT2D eigenvalue weighted by Crippen LogP contribution is -2.30. The molecule has 0 saturated heterocycles. The summed E-state index contributed by atoms with van der Waals surface area (Å²) in [5.41, 5.74) is 8.31. The van der Waals surface area contributed by atoms with Crippen molar-refractivity contribution in [3.63, 3.8) is 0 Å². The first-order valence-electron chi connectivity index (χ1n) is 7.36. The van der Waals surface area contributed by atoms with Gasteiger partial charge in [0.05, 0.1) is 11.4 Å². The van der Waals surface area contributed by atoms with Crippen molar-refractivity contribution < 1.29 is 4.79 Å². The van der Waals surface area contributed by atoms with E-state index in [0.29, 0.717) is 23.2 Å². The Kier molecular flexibility index (Phi) is 4.53. The van der Waals surface area contributed by atoms with E-state index in [1.807, 2.05) is 12.1 Å². The van der Waals surface area contributed by atoms with Crippen LogP contribution in [0.1, 0.15) is 43.0 Å². The van der Waals surface area contributed by atoms with Crippen molar-refractivity contribution >= 4 is 17.3 Å². The van der Waals surface area contributed by atoms with Crippen LogP contribution in [0.25, 0.3) is 0 Å². The molecule has 1 saturated carbocycles. The van der Waals surface area contributed by atoms with E-state index in [9.17, 15) is 4.79 Å². The SMILES string of the molecule is CC1CCCCC1Nc1ccc(C(=O)N(C)C)cc1N. The Labute approximate surface area is 121 Å². The average molecular weight is 275 g/mol. The Hall–Kier alpha value is -1.71. The third-order valence-electron chi connectivity index (χ3n) is 4.16. The lowest BCUT2D eigenvalue weighted by molar-refractivity contribution is 0.0827. The normalized spacial score (nSPS) is 22.4. The number of anilines is 2. The van der Waals surface area contributed by atoms with Crippen molar-refractivity contribution in [2.45, 2.75) is 38.6 Å². The fraction of sp³-hybridized carbons (Fsp3) is 0.562. The zero-order chi connectivity index (χ0) is 14.7. The maximum Gasteiger partial charge on any atom is 0.253 e. The molecule has 2 unspecified atom stereocenters. The van der Waals surface area contributed by atoms with Crippen molar-refractivity contribution in [2.75, 3.05) is 25.1 Å². The van der Waals surface area contributed by atoms with E-state index in [2.05, 4.69) is 12.2 Å². The summed E-state index contributed by atoms with van der Waals surface area (Å²) in [6.07, 6.45) is 5.07. The summed E-state index contributed by atoms with van der Waals surface area (Å²) in [4.78, 5) is 13.5. The standard InChI is InChI=1S/C16H25N3O/c1-11-6-4-5-7-14(11)18-15-9-8-12(10-13(15)17)16(20)19(2)3/h8-11,14,18H,4-7,17H2,1-3H3. The molecule has 3 N–H and O–H groups in total. The minimum Gasteiger partial charge on any atom is -0.397 e. The number of nitrogens with two attached hydrogens (primary N) is 1. The fourth-order valence-electron chi connectivity index (χ4n) is 2.82. The van der Waals surface area contributed by atoms with Crippen LogP contribution < -0.4 is 11.1 Å². The molecule has 1 aliphatic carbocycles. The molecule has 0 bridgehead atoms. The molecule has 2 rings (SSSR count). The van der Waals surface area contributed by atoms with Crippen LogP contribution in [-0.4, -0.2) is 30.9 Å². The predicted octanol–water partition coefficient (Wildman–Crippen LogP) is 2.96. The molecule has 1 fully saturated rings. The number of nitrogens with zero attached hydrogens (tertiary/aromatic N) is 1. The van der Waals surface area contributed by atoms with Crippen molar-refractivity contribution in [3.05, 3.63) is 23.8 Å². The highest BCUT2D eigenvalue weighted by atomic mass is 16.2. The number of nitrogens with one attached hydrogen (secondary N) is 1. The second-order valence-electron chi connectivity index (χ2n) is 6.01. The molecule has 20 heavy (non-hydrogen) atoms. The van der Waals surface area contributed by atoms with Gasteiger partial charge in [-0.1, -0.05) is 19.8 Å². The molecule has 0 aliphatic heterocycles. The molecule has 1 aliphatic rings. The Balaban J connectivity index is 2.11. The molecule has 0 spiro atoms. The van der Waals surface area contributed by atoms with Gasteiger partial charge in [-0.15, -0.1) is 0 Å².